The first-order valence-corrected chi connectivity index (χ1v) is 10.4. The fourth-order valence-electron chi connectivity index (χ4n) is 3.76. The zero-order chi connectivity index (χ0) is 20.7. The van der Waals surface area contributed by atoms with Crippen molar-refractivity contribution in [3.05, 3.63) is 65.7 Å². The molecule has 29 heavy (non-hydrogen) atoms. The monoisotopic (exact) mass is 398 g/mol. The summed E-state index contributed by atoms with van der Waals surface area (Å²) in [6, 6.07) is 18.5. The summed E-state index contributed by atoms with van der Waals surface area (Å²) in [4.78, 5) is 4.53. The molecule has 5 heteroatoms. The number of rotatable bonds is 9. The Balaban J connectivity index is 1.40. The van der Waals surface area contributed by atoms with Crippen molar-refractivity contribution in [3.8, 4) is 5.75 Å². The Labute approximate surface area is 174 Å². The quantitative estimate of drug-likeness (QED) is 0.703. The van der Waals surface area contributed by atoms with E-state index in [0.29, 0.717) is 6.54 Å². The minimum atomic E-state index is -0.529. The van der Waals surface area contributed by atoms with E-state index in [1.54, 1.807) is 0 Å². The lowest BCUT2D eigenvalue weighted by molar-refractivity contribution is -0.0882. The largest absolute Gasteiger partial charge is 0.491 e. The van der Waals surface area contributed by atoms with Crippen LogP contribution < -0.4 is 4.74 Å². The Hall–Kier alpha value is -1.92. The first kappa shape index (κ1) is 21.8. The maximum Gasteiger partial charge on any atom is 0.119 e. The van der Waals surface area contributed by atoms with E-state index in [2.05, 4.69) is 47.9 Å². The normalized spacial score (nSPS) is 18.0. The third kappa shape index (κ3) is 7.44. The Morgan fingerprint density at radius 3 is 2.52 bits per heavy atom. The van der Waals surface area contributed by atoms with Crippen LogP contribution in [-0.2, 0) is 17.8 Å². The van der Waals surface area contributed by atoms with Gasteiger partial charge in [0, 0.05) is 32.7 Å². The van der Waals surface area contributed by atoms with E-state index in [9.17, 15) is 5.11 Å². The molecule has 0 aliphatic carbocycles. The van der Waals surface area contributed by atoms with Crippen LogP contribution in [0.4, 0.5) is 0 Å². The molecule has 0 aromatic heterocycles. The summed E-state index contributed by atoms with van der Waals surface area (Å²) < 4.78 is 11.6. The van der Waals surface area contributed by atoms with Gasteiger partial charge in [0.05, 0.1) is 12.2 Å². The summed E-state index contributed by atoms with van der Waals surface area (Å²) in [6.07, 6.45) is -0.529. The molecule has 1 atom stereocenters. The second-order valence-electron chi connectivity index (χ2n) is 8.61. The smallest absolute Gasteiger partial charge is 0.119 e. The van der Waals surface area contributed by atoms with Gasteiger partial charge in [0.25, 0.3) is 0 Å². The van der Waals surface area contributed by atoms with Gasteiger partial charge in [-0.05, 0) is 44.2 Å². The van der Waals surface area contributed by atoms with E-state index < -0.39 is 6.10 Å². The lowest BCUT2D eigenvalue weighted by atomic mass is 10.1. The zero-order valence-electron chi connectivity index (χ0n) is 17.9. The molecule has 5 nitrogen and oxygen atoms in total. The molecule has 0 radical (unpaired) electrons. The molecule has 1 fully saturated rings. The number of hydrogen-bond donors (Lipinski definition) is 1. The van der Waals surface area contributed by atoms with Crippen molar-refractivity contribution >= 4 is 0 Å². The van der Waals surface area contributed by atoms with E-state index in [1.165, 1.54) is 11.1 Å². The van der Waals surface area contributed by atoms with Crippen LogP contribution in [0.15, 0.2) is 54.6 Å². The highest BCUT2D eigenvalue weighted by molar-refractivity contribution is 5.27. The third-order valence-electron chi connectivity index (χ3n) is 5.09. The molecule has 1 N–H and O–H groups in total. The number of aliphatic hydroxyl groups is 1. The fourth-order valence-corrected chi connectivity index (χ4v) is 3.76. The van der Waals surface area contributed by atoms with Crippen LogP contribution in [0.25, 0.3) is 0 Å². The van der Waals surface area contributed by atoms with Crippen LogP contribution in [0.2, 0.25) is 0 Å². The van der Waals surface area contributed by atoms with E-state index >= 15 is 0 Å². The summed E-state index contributed by atoms with van der Waals surface area (Å²) in [5.41, 5.74) is 2.42. The Kier molecular flexibility index (Phi) is 7.67. The molecule has 0 amide bonds. The van der Waals surface area contributed by atoms with Gasteiger partial charge in [-0.3, -0.25) is 9.80 Å². The molecule has 2 aromatic carbocycles. The Morgan fingerprint density at radius 1 is 1.10 bits per heavy atom. The number of hydrogen-bond acceptors (Lipinski definition) is 5. The van der Waals surface area contributed by atoms with Crippen molar-refractivity contribution in [1.29, 1.82) is 0 Å². The molecule has 0 bridgehead atoms. The minimum absolute atomic E-state index is 0.0783. The highest BCUT2D eigenvalue weighted by Gasteiger charge is 2.26. The topological polar surface area (TPSA) is 45.2 Å². The molecule has 3 rings (SSSR count). The van der Waals surface area contributed by atoms with Crippen molar-refractivity contribution in [1.82, 2.24) is 9.80 Å². The second-order valence-corrected chi connectivity index (χ2v) is 8.61. The number of nitrogens with zero attached hydrogens (tertiary/aromatic N) is 2. The molecule has 0 unspecified atom stereocenters. The van der Waals surface area contributed by atoms with Crippen LogP contribution in [-0.4, -0.2) is 66.5 Å². The van der Waals surface area contributed by atoms with Crippen LogP contribution in [0.3, 0.4) is 0 Å². The van der Waals surface area contributed by atoms with E-state index in [0.717, 1.165) is 38.5 Å². The first-order chi connectivity index (χ1) is 13.9. The van der Waals surface area contributed by atoms with Gasteiger partial charge in [-0.15, -0.1) is 0 Å². The van der Waals surface area contributed by atoms with Gasteiger partial charge >= 0.3 is 0 Å². The number of likely N-dealkylation sites (N-methyl/N-ethyl adjacent to an activating group) is 1. The van der Waals surface area contributed by atoms with E-state index in [4.69, 9.17) is 9.47 Å². The molecule has 1 aliphatic heterocycles. The van der Waals surface area contributed by atoms with Gasteiger partial charge in [-0.25, -0.2) is 0 Å². The maximum absolute atomic E-state index is 10.3. The van der Waals surface area contributed by atoms with Crippen molar-refractivity contribution < 1.29 is 14.6 Å². The number of ether oxygens (including phenoxy) is 2. The minimum Gasteiger partial charge on any atom is -0.491 e. The average molecular weight is 399 g/mol. The van der Waals surface area contributed by atoms with Crippen LogP contribution in [0.1, 0.15) is 25.0 Å². The molecule has 1 saturated heterocycles. The molecular formula is C24H34N2O3. The van der Waals surface area contributed by atoms with Crippen LogP contribution in [0.5, 0.6) is 5.75 Å². The Morgan fingerprint density at radius 2 is 1.83 bits per heavy atom. The van der Waals surface area contributed by atoms with Gasteiger partial charge in [0.2, 0.25) is 0 Å². The number of benzene rings is 2. The van der Waals surface area contributed by atoms with E-state index in [1.807, 2.05) is 37.4 Å². The Bertz CT molecular complexity index is 734. The highest BCUT2D eigenvalue weighted by atomic mass is 16.5. The predicted molar refractivity (Wildman–Crippen MR) is 116 cm³/mol. The first-order valence-electron chi connectivity index (χ1n) is 10.4. The van der Waals surface area contributed by atoms with Gasteiger partial charge in [0.15, 0.2) is 0 Å². The molecule has 158 valence electrons. The molecule has 0 saturated carbocycles. The highest BCUT2D eigenvalue weighted by Crippen LogP contribution is 2.20. The van der Waals surface area contributed by atoms with Crippen molar-refractivity contribution in [2.45, 2.75) is 38.6 Å². The zero-order valence-corrected chi connectivity index (χ0v) is 17.9. The number of aliphatic hydroxyl groups excluding tert-OH is 1. The number of morpholine rings is 1. The van der Waals surface area contributed by atoms with Crippen molar-refractivity contribution in [3.63, 3.8) is 0 Å². The summed E-state index contributed by atoms with van der Waals surface area (Å²) in [7, 11) is 2.01. The standard InChI is InChI=1S/C24H34N2O3/c1-24(2)19-26(13-14-29-24)16-21-9-11-23(12-10-21)28-18-22(27)17-25(3)15-20-7-5-4-6-8-20/h4-12,22,27H,13-19H2,1-3H3/t22-/m1/s1. The summed E-state index contributed by atoms with van der Waals surface area (Å²) in [5, 5.41) is 10.3. The molecular weight excluding hydrogens is 364 g/mol. The van der Waals surface area contributed by atoms with Crippen LogP contribution >= 0.6 is 0 Å². The summed E-state index contributed by atoms with van der Waals surface area (Å²) in [6.45, 7) is 9.54. The van der Waals surface area contributed by atoms with E-state index in [-0.39, 0.29) is 12.2 Å². The molecule has 1 aliphatic rings. The van der Waals surface area contributed by atoms with Gasteiger partial charge in [0.1, 0.15) is 18.5 Å². The average Bonchev–Trinajstić information content (AvgIpc) is 2.67. The van der Waals surface area contributed by atoms with Gasteiger partial charge in [-0.2, -0.15) is 0 Å². The van der Waals surface area contributed by atoms with Gasteiger partial charge in [-0.1, -0.05) is 42.5 Å². The molecule has 0 spiro atoms. The van der Waals surface area contributed by atoms with Crippen LogP contribution in [0, 0.1) is 0 Å². The third-order valence-corrected chi connectivity index (χ3v) is 5.09. The lowest BCUT2D eigenvalue weighted by Gasteiger charge is -2.38. The predicted octanol–water partition coefficient (Wildman–Crippen LogP) is 3.17. The lowest BCUT2D eigenvalue weighted by Crippen LogP contribution is -2.47. The fraction of sp³-hybridized carbons (Fsp3) is 0.500. The molecule has 2 aromatic rings. The maximum atomic E-state index is 10.3. The molecule has 1 heterocycles. The van der Waals surface area contributed by atoms with Gasteiger partial charge < -0.3 is 14.6 Å². The SMILES string of the molecule is CN(Cc1ccccc1)C[C@@H](O)COc1ccc(CN2CCOC(C)(C)C2)cc1. The van der Waals surface area contributed by atoms with Crippen molar-refractivity contribution in [2.75, 3.05) is 39.9 Å². The summed E-state index contributed by atoms with van der Waals surface area (Å²) >= 11 is 0. The van der Waals surface area contributed by atoms with Crippen molar-refractivity contribution in [2.24, 2.45) is 0 Å². The second kappa shape index (κ2) is 10.2. The summed E-state index contributed by atoms with van der Waals surface area (Å²) in [5.74, 6) is 0.792.